The van der Waals surface area contributed by atoms with Gasteiger partial charge in [0.05, 0.1) is 13.6 Å². The molecule has 0 saturated heterocycles. The van der Waals surface area contributed by atoms with Gasteiger partial charge in [0.25, 0.3) is 0 Å². The Bertz CT molecular complexity index is 365. The fourth-order valence-corrected chi connectivity index (χ4v) is 1.44. The van der Waals surface area contributed by atoms with Gasteiger partial charge in [0.1, 0.15) is 5.54 Å². The van der Waals surface area contributed by atoms with Crippen LogP contribution in [-0.2, 0) is 18.4 Å². The van der Waals surface area contributed by atoms with Crippen molar-refractivity contribution in [2.75, 3.05) is 0 Å². The van der Waals surface area contributed by atoms with E-state index in [0.717, 1.165) is 6.42 Å². The summed E-state index contributed by atoms with van der Waals surface area (Å²) in [5, 5.41) is 23.5. The fraction of sp³-hybridized carbons (Fsp3) is 0.778. The average molecular weight is 227 g/mol. The number of aliphatic carboxylic acids is 1. The zero-order valence-electron chi connectivity index (χ0n) is 9.77. The van der Waals surface area contributed by atoms with E-state index in [1.54, 1.807) is 14.0 Å². The number of carboxylic acid groups (broad SMARTS) is 1. The predicted molar refractivity (Wildman–Crippen MR) is 56.6 cm³/mol. The molecule has 1 aromatic heterocycles. The Balaban J connectivity index is 2.60. The van der Waals surface area contributed by atoms with Gasteiger partial charge in [-0.05, 0) is 18.6 Å². The second-order valence-corrected chi connectivity index (χ2v) is 3.94. The lowest BCUT2D eigenvalue weighted by Gasteiger charge is -2.24. The molecular weight excluding hydrogens is 210 g/mol. The van der Waals surface area contributed by atoms with E-state index in [9.17, 15) is 4.79 Å². The second kappa shape index (κ2) is 5.02. The number of nitrogens with zero attached hydrogens (tertiary/aromatic N) is 4. The van der Waals surface area contributed by atoms with Crippen LogP contribution in [0.15, 0.2) is 0 Å². The highest BCUT2D eigenvalue weighted by molar-refractivity contribution is 5.78. The van der Waals surface area contributed by atoms with Crippen LogP contribution in [0.4, 0.5) is 0 Å². The maximum Gasteiger partial charge on any atom is 0.323 e. The van der Waals surface area contributed by atoms with Crippen molar-refractivity contribution in [3.05, 3.63) is 5.82 Å². The third kappa shape index (κ3) is 2.99. The van der Waals surface area contributed by atoms with Crippen molar-refractivity contribution in [1.29, 1.82) is 0 Å². The maximum absolute atomic E-state index is 11.1. The summed E-state index contributed by atoms with van der Waals surface area (Å²) in [6.07, 6.45) is 1.35. The van der Waals surface area contributed by atoms with Crippen LogP contribution < -0.4 is 5.32 Å². The molecule has 1 atom stereocenters. The van der Waals surface area contributed by atoms with Crippen LogP contribution in [0.25, 0.3) is 0 Å². The van der Waals surface area contributed by atoms with Gasteiger partial charge in [-0.3, -0.25) is 10.1 Å². The van der Waals surface area contributed by atoms with E-state index in [2.05, 4.69) is 20.7 Å². The molecule has 1 rings (SSSR count). The van der Waals surface area contributed by atoms with E-state index in [1.807, 2.05) is 6.92 Å². The molecule has 0 aliphatic heterocycles. The molecule has 7 nitrogen and oxygen atoms in total. The number of rotatable bonds is 6. The van der Waals surface area contributed by atoms with Gasteiger partial charge in [0.2, 0.25) is 0 Å². The molecule has 0 spiro atoms. The molecule has 0 amide bonds. The molecule has 0 radical (unpaired) electrons. The smallest absolute Gasteiger partial charge is 0.323 e. The molecule has 0 saturated carbocycles. The molecule has 0 aliphatic rings. The zero-order chi connectivity index (χ0) is 12.2. The molecule has 2 N–H and O–H groups in total. The van der Waals surface area contributed by atoms with Crippen LogP contribution in [0.2, 0.25) is 0 Å². The van der Waals surface area contributed by atoms with E-state index in [0.29, 0.717) is 18.8 Å². The molecule has 1 heterocycles. The molecule has 90 valence electrons. The average Bonchev–Trinajstić information content (AvgIpc) is 2.61. The van der Waals surface area contributed by atoms with Crippen molar-refractivity contribution < 1.29 is 9.90 Å². The Kier molecular flexibility index (Phi) is 3.94. The number of aryl methyl sites for hydroxylation is 1. The lowest BCUT2D eigenvalue weighted by atomic mass is 9.96. The Morgan fingerprint density at radius 2 is 2.31 bits per heavy atom. The van der Waals surface area contributed by atoms with Crippen LogP contribution in [-0.4, -0.2) is 36.8 Å². The number of tetrazole rings is 1. The highest BCUT2D eigenvalue weighted by Gasteiger charge is 2.31. The monoisotopic (exact) mass is 227 g/mol. The minimum absolute atomic E-state index is 0.302. The maximum atomic E-state index is 11.1. The molecule has 0 aromatic carbocycles. The first-order chi connectivity index (χ1) is 7.48. The number of hydrogen-bond acceptors (Lipinski definition) is 5. The van der Waals surface area contributed by atoms with Crippen LogP contribution in [0.1, 0.15) is 32.5 Å². The van der Waals surface area contributed by atoms with Crippen molar-refractivity contribution >= 4 is 5.97 Å². The van der Waals surface area contributed by atoms with Crippen LogP contribution >= 0.6 is 0 Å². The summed E-state index contributed by atoms with van der Waals surface area (Å²) < 4.78 is 0. The number of carbonyl (C=O) groups is 1. The van der Waals surface area contributed by atoms with E-state index in [4.69, 9.17) is 5.11 Å². The Morgan fingerprint density at radius 1 is 1.62 bits per heavy atom. The number of hydrogen-bond donors (Lipinski definition) is 2. The van der Waals surface area contributed by atoms with Crippen molar-refractivity contribution in [3.8, 4) is 0 Å². The molecule has 0 aliphatic carbocycles. The fourth-order valence-electron chi connectivity index (χ4n) is 1.44. The van der Waals surface area contributed by atoms with E-state index < -0.39 is 11.5 Å². The van der Waals surface area contributed by atoms with Crippen LogP contribution in [0.5, 0.6) is 0 Å². The first-order valence-electron chi connectivity index (χ1n) is 5.19. The lowest BCUT2D eigenvalue weighted by Crippen LogP contribution is -2.49. The summed E-state index contributed by atoms with van der Waals surface area (Å²) in [6, 6.07) is 0. The van der Waals surface area contributed by atoms with Crippen molar-refractivity contribution in [3.63, 3.8) is 0 Å². The van der Waals surface area contributed by atoms with Crippen LogP contribution in [0.3, 0.4) is 0 Å². The van der Waals surface area contributed by atoms with E-state index in [1.165, 1.54) is 4.80 Å². The normalized spacial score (nSPS) is 14.7. The number of carboxylic acids is 1. The highest BCUT2D eigenvalue weighted by atomic mass is 16.4. The Hall–Kier alpha value is -1.50. The van der Waals surface area contributed by atoms with Gasteiger partial charge >= 0.3 is 5.97 Å². The number of aromatic nitrogens is 4. The first kappa shape index (κ1) is 12.6. The highest BCUT2D eigenvalue weighted by Crippen LogP contribution is 2.12. The third-order valence-corrected chi connectivity index (χ3v) is 2.41. The third-order valence-electron chi connectivity index (χ3n) is 2.41. The summed E-state index contributed by atoms with van der Waals surface area (Å²) in [4.78, 5) is 12.5. The molecule has 7 heteroatoms. The summed E-state index contributed by atoms with van der Waals surface area (Å²) in [5.74, 6) is -0.371. The second-order valence-electron chi connectivity index (χ2n) is 3.94. The SMILES string of the molecule is CCCC(C)(NCc1nnn(C)n1)C(=O)O. The Labute approximate surface area is 93.8 Å². The van der Waals surface area contributed by atoms with E-state index >= 15 is 0 Å². The molecule has 0 fully saturated rings. The first-order valence-corrected chi connectivity index (χ1v) is 5.19. The Morgan fingerprint density at radius 3 is 2.75 bits per heavy atom. The van der Waals surface area contributed by atoms with Crippen molar-refractivity contribution in [2.45, 2.75) is 38.8 Å². The molecule has 1 aromatic rings. The van der Waals surface area contributed by atoms with E-state index in [-0.39, 0.29) is 0 Å². The molecule has 0 bridgehead atoms. The molecule has 1 unspecified atom stereocenters. The van der Waals surface area contributed by atoms with Gasteiger partial charge in [-0.25, -0.2) is 0 Å². The van der Waals surface area contributed by atoms with Gasteiger partial charge in [-0.1, -0.05) is 13.3 Å². The van der Waals surface area contributed by atoms with Gasteiger partial charge in [-0.15, -0.1) is 10.2 Å². The summed E-state index contributed by atoms with van der Waals surface area (Å²) in [7, 11) is 1.67. The van der Waals surface area contributed by atoms with Gasteiger partial charge < -0.3 is 5.11 Å². The minimum Gasteiger partial charge on any atom is -0.480 e. The predicted octanol–water partition coefficient (Wildman–Crippen LogP) is -0.0569. The van der Waals surface area contributed by atoms with Gasteiger partial charge in [0.15, 0.2) is 5.82 Å². The van der Waals surface area contributed by atoms with Gasteiger partial charge in [0, 0.05) is 0 Å². The summed E-state index contributed by atoms with van der Waals surface area (Å²) in [6.45, 7) is 3.91. The van der Waals surface area contributed by atoms with Crippen LogP contribution in [0, 0.1) is 0 Å². The topological polar surface area (TPSA) is 92.9 Å². The molecule has 16 heavy (non-hydrogen) atoms. The lowest BCUT2D eigenvalue weighted by molar-refractivity contribution is -0.144. The minimum atomic E-state index is -0.937. The largest absolute Gasteiger partial charge is 0.480 e. The summed E-state index contributed by atoms with van der Waals surface area (Å²) >= 11 is 0. The number of nitrogens with one attached hydrogen (secondary N) is 1. The zero-order valence-corrected chi connectivity index (χ0v) is 9.77. The standard InChI is InChI=1S/C9H17N5O2/c1-4-5-9(2,8(15)16)10-6-7-11-13-14(3)12-7/h10H,4-6H2,1-3H3,(H,15,16). The van der Waals surface area contributed by atoms with Gasteiger partial charge in [-0.2, -0.15) is 4.80 Å². The van der Waals surface area contributed by atoms with Crippen molar-refractivity contribution in [2.24, 2.45) is 7.05 Å². The molecular formula is C9H17N5O2. The van der Waals surface area contributed by atoms with Crippen molar-refractivity contribution in [1.82, 2.24) is 25.5 Å². The quantitative estimate of drug-likeness (QED) is 0.707. The summed E-state index contributed by atoms with van der Waals surface area (Å²) in [5.41, 5.74) is -0.937.